The Bertz CT molecular complexity index is 912. The van der Waals surface area contributed by atoms with Crippen LogP contribution in [-0.4, -0.2) is 18.3 Å². The number of aliphatic hydroxyl groups excluding tert-OH is 1. The first-order valence-electron chi connectivity index (χ1n) is 7.83. The number of hydrogen-bond acceptors (Lipinski definition) is 4. The number of aryl methyl sites for hydroxylation is 2. The lowest BCUT2D eigenvalue weighted by molar-refractivity contribution is 0.254. The summed E-state index contributed by atoms with van der Waals surface area (Å²) in [6.45, 7) is 4.73. The van der Waals surface area contributed by atoms with E-state index in [0.29, 0.717) is 6.61 Å². The summed E-state index contributed by atoms with van der Waals surface area (Å²) in [5, 5.41) is 10.4. The van der Waals surface area contributed by atoms with E-state index in [1.165, 1.54) is 0 Å². The molecule has 0 bridgehead atoms. The molecular formula is C19H20O3S. The molecule has 0 amide bonds. The van der Waals surface area contributed by atoms with E-state index in [4.69, 9.17) is 9.84 Å². The number of aliphatic hydroxyl groups is 1. The number of fused-ring (bicyclic) bond motifs is 2. The third kappa shape index (κ3) is 2.96. The Labute approximate surface area is 139 Å². The van der Waals surface area contributed by atoms with E-state index in [0.717, 1.165) is 49.9 Å². The molecule has 0 atom stereocenters. The van der Waals surface area contributed by atoms with Gasteiger partial charge in [-0.25, -0.2) is 0 Å². The molecule has 0 saturated carbocycles. The quantitative estimate of drug-likeness (QED) is 0.564. The highest BCUT2D eigenvalue weighted by molar-refractivity contribution is 7.24. The molecule has 0 unspecified atom stereocenters. The van der Waals surface area contributed by atoms with Gasteiger partial charge in [-0.15, -0.1) is 11.3 Å². The van der Waals surface area contributed by atoms with Crippen molar-refractivity contribution in [2.24, 2.45) is 0 Å². The maximum atomic E-state index is 12.9. The summed E-state index contributed by atoms with van der Waals surface area (Å²) in [5.41, 5.74) is 2.17. The molecule has 0 aliphatic heterocycles. The molecule has 3 nitrogen and oxygen atoms in total. The van der Waals surface area contributed by atoms with Gasteiger partial charge in [0.2, 0.25) is 0 Å². The van der Waals surface area contributed by atoms with Crippen molar-refractivity contribution in [2.75, 3.05) is 13.2 Å². The van der Waals surface area contributed by atoms with E-state index < -0.39 is 0 Å². The summed E-state index contributed by atoms with van der Waals surface area (Å²) in [5.74, 6) is 0.772. The van der Waals surface area contributed by atoms with Gasteiger partial charge in [0.25, 0.3) is 0 Å². The van der Waals surface area contributed by atoms with Crippen LogP contribution < -0.4 is 10.2 Å². The van der Waals surface area contributed by atoms with Crippen LogP contribution in [0.3, 0.4) is 0 Å². The lowest BCUT2D eigenvalue weighted by atomic mass is 10.0. The van der Waals surface area contributed by atoms with E-state index in [1.54, 1.807) is 11.3 Å². The van der Waals surface area contributed by atoms with Crippen molar-refractivity contribution in [2.45, 2.75) is 26.7 Å². The Balaban J connectivity index is 2.21. The molecule has 0 aliphatic rings. The summed E-state index contributed by atoms with van der Waals surface area (Å²) < 4.78 is 7.82. The summed E-state index contributed by atoms with van der Waals surface area (Å²) in [7, 11) is 0. The van der Waals surface area contributed by atoms with Crippen LogP contribution in [0.1, 0.15) is 24.0 Å². The first kappa shape index (κ1) is 16.0. The lowest BCUT2D eigenvalue weighted by Gasteiger charge is -2.13. The predicted molar refractivity (Wildman–Crippen MR) is 96.9 cm³/mol. The minimum Gasteiger partial charge on any atom is -0.492 e. The molecule has 2 aromatic carbocycles. The molecule has 1 N–H and O–H groups in total. The largest absolute Gasteiger partial charge is 0.492 e. The molecule has 0 radical (unpaired) electrons. The number of ether oxygens (including phenoxy) is 1. The fourth-order valence-corrected chi connectivity index (χ4v) is 3.93. The highest BCUT2D eigenvalue weighted by Crippen LogP contribution is 2.35. The first-order chi connectivity index (χ1) is 11.1. The van der Waals surface area contributed by atoms with Crippen molar-refractivity contribution in [1.29, 1.82) is 0 Å². The van der Waals surface area contributed by atoms with Crippen LogP contribution in [0.2, 0.25) is 0 Å². The van der Waals surface area contributed by atoms with E-state index >= 15 is 0 Å². The van der Waals surface area contributed by atoms with Crippen LogP contribution in [0.25, 0.3) is 20.2 Å². The van der Waals surface area contributed by atoms with Gasteiger partial charge in [0, 0.05) is 22.1 Å². The Morgan fingerprint density at radius 1 is 1.17 bits per heavy atom. The molecule has 1 heterocycles. The molecule has 1 aromatic heterocycles. The van der Waals surface area contributed by atoms with Gasteiger partial charge < -0.3 is 9.84 Å². The molecule has 0 fully saturated rings. The van der Waals surface area contributed by atoms with Gasteiger partial charge in [-0.3, -0.25) is 4.79 Å². The number of hydrogen-bond donors (Lipinski definition) is 1. The second kappa shape index (κ2) is 6.69. The highest BCUT2D eigenvalue weighted by Gasteiger charge is 2.14. The topological polar surface area (TPSA) is 46.5 Å². The van der Waals surface area contributed by atoms with Crippen LogP contribution in [0.15, 0.2) is 35.1 Å². The Morgan fingerprint density at radius 3 is 2.74 bits per heavy atom. The number of benzene rings is 2. The third-order valence-corrected chi connectivity index (χ3v) is 5.33. The molecular weight excluding hydrogens is 308 g/mol. The molecule has 0 aliphatic carbocycles. The van der Waals surface area contributed by atoms with Crippen molar-refractivity contribution < 1.29 is 9.84 Å². The summed E-state index contributed by atoms with van der Waals surface area (Å²) in [6.07, 6.45) is 1.52. The SMILES string of the molecule is Cc1cc(OCCCCO)c2sc3ccccc3c(=O)c2c1C. The maximum absolute atomic E-state index is 12.9. The number of unbranched alkanes of at least 4 members (excludes halogenated alkanes) is 1. The summed E-state index contributed by atoms with van der Waals surface area (Å²) >= 11 is 1.60. The van der Waals surface area contributed by atoms with Crippen molar-refractivity contribution in [3.63, 3.8) is 0 Å². The lowest BCUT2D eigenvalue weighted by Crippen LogP contribution is -2.06. The van der Waals surface area contributed by atoms with Crippen LogP contribution >= 0.6 is 11.3 Å². The second-order valence-corrected chi connectivity index (χ2v) is 6.78. The minimum atomic E-state index is 0.0794. The summed E-state index contributed by atoms with van der Waals surface area (Å²) in [4.78, 5) is 12.9. The molecule has 120 valence electrons. The normalized spacial score (nSPS) is 11.3. The van der Waals surface area contributed by atoms with Crippen molar-refractivity contribution >= 4 is 31.5 Å². The van der Waals surface area contributed by atoms with Gasteiger partial charge in [-0.1, -0.05) is 12.1 Å². The highest BCUT2D eigenvalue weighted by atomic mass is 32.1. The van der Waals surface area contributed by atoms with E-state index in [2.05, 4.69) is 0 Å². The van der Waals surface area contributed by atoms with Gasteiger partial charge in [0.1, 0.15) is 5.75 Å². The second-order valence-electron chi connectivity index (χ2n) is 5.73. The van der Waals surface area contributed by atoms with Gasteiger partial charge in [0.05, 0.1) is 11.3 Å². The Morgan fingerprint density at radius 2 is 1.96 bits per heavy atom. The Kier molecular flexibility index (Phi) is 4.64. The van der Waals surface area contributed by atoms with E-state index in [1.807, 2.05) is 44.2 Å². The monoisotopic (exact) mass is 328 g/mol. The van der Waals surface area contributed by atoms with Gasteiger partial charge >= 0.3 is 0 Å². The van der Waals surface area contributed by atoms with Crippen molar-refractivity contribution in [3.05, 3.63) is 51.7 Å². The average molecular weight is 328 g/mol. The zero-order valence-corrected chi connectivity index (χ0v) is 14.2. The molecule has 3 rings (SSSR count). The van der Waals surface area contributed by atoms with Gasteiger partial charge in [0.15, 0.2) is 5.43 Å². The van der Waals surface area contributed by atoms with Crippen LogP contribution in [0, 0.1) is 13.8 Å². The van der Waals surface area contributed by atoms with Crippen molar-refractivity contribution in [3.8, 4) is 5.75 Å². The molecule has 3 aromatic rings. The zero-order chi connectivity index (χ0) is 16.4. The molecule has 0 spiro atoms. The average Bonchev–Trinajstić information content (AvgIpc) is 2.56. The fraction of sp³-hybridized carbons (Fsp3) is 0.316. The Hall–Kier alpha value is -1.91. The standard InChI is InChI=1S/C19H20O3S/c1-12-11-15(22-10-6-5-9-20)19-17(13(12)2)18(21)14-7-3-4-8-16(14)23-19/h3-4,7-8,11,20H,5-6,9-10H2,1-2H3. The van der Waals surface area contributed by atoms with Crippen LogP contribution in [0.5, 0.6) is 5.75 Å². The molecule has 4 heteroatoms. The minimum absolute atomic E-state index is 0.0794. The summed E-state index contributed by atoms with van der Waals surface area (Å²) in [6, 6.07) is 9.73. The first-order valence-corrected chi connectivity index (χ1v) is 8.64. The predicted octanol–water partition coefficient (Wildman–Crippen LogP) is 4.18. The van der Waals surface area contributed by atoms with Gasteiger partial charge in [-0.2, -0.15) is 0 Å². The zero-order valence-electron chi connectivity index (χ0n) is 13.4. The van der Waals surface area contributed by atoms with Crippen LogP contribution in [0.4, 0.5) is 0 Å². The molecule has 0 saturated heterocycles. The smallest absolute Gasteiger partial charge is 0.196 e. The van der Waals surface area contributed by atoms with Crippen LogP contribution in [-0.2, 0) is 0 Å². The third-order valence-electron chi connectivity index (χ3n) is 4.15. The fourth-order valence-electron chi connectivity index (χ4n) is 2.73. The van der Waals surface area contributed by atoms with E-state index in [9.17, 15) is 4.79 Å². The van der Waals surface area contributed by atoms with E-state index in [-0.39, 0.29) is 12.0 Å². The van der Waals surface area contributed by atoms with Crippen molar-refractivity contribution in [1.82, 2.24) is 0 Å². The number of rotatable bonds is 5. The van der Waals surface area contributed by atoms with Gasteiger partial charge in [-0.05, 0) is 56.0 Å². The maximum Gasteiger partial charge on any atom is 0.196 e. The molecule has 23 heavy (non-hydrogen) atoms.